The largest absolute Gasteiger partial charge is 0.384 e. The minimum Gasteiger partial charge on any atom is -0.384 e. The van der Waals surface area contributed by atoms with Gasteiger partial charge in [0.05, 0.1) is 12.4 Å². The number of benzene rings is 1. The van der Waals surface area contributed by atoms with E-state index in [2.05, 4.69) is 5.32 Å². The third-order valence-electron chi connectivity index (χ3n) is 4.40. The van der Waals surface area contributed by atoms with Gasteiger partial charge in [-0.3, -0.25) is 4.79 Å². The number of nitrogens with zero attached hydrogens (tertiary/aromatic N) is 1. The van der Waals surface area contributed by atoms with Crippen molar-refractivity contribution in [3.8, 4) is 0 Å². The number of hydrogen-bond donors (Lipinski definition) is 1. The summed E-state index contributed by atoms with van der Waals surface area (Å²) in [7, 11) is -1.80. The summed E-state index contributed by atoms with van der Waals surface area (Å²) < 4.78 is 30.6. The molecule has 1 heterocycles. The first kappa shape index (κ1) is 18.9. The lowest BCUT2D eigenvalue weighted by molar-refractivity contribution is -0.120. The Morgan fingerprint density at radius 1 is 1.29 bits per heavy atom. The lowest BCUT2D eigenvalue weighted by atomic mass is 9.97. The molecule has 0 aliphatic carbocycles. The Balaban J connectivity index is 1.91. The molecule has 0 atom stereocenters. The van der Waals surface area contributed by atoms with Crippen molar-refractivity contribution >= 4 is 21.6 Å². The molecule has 7 heteroatoms. The third kappa shape index (κ3) is 4.78. The van der Waals surface area contributed by atoms with Crippen LogP contribution in [0.3, 0.4) is 0 Å². The first-order valence-electron chi connectivity index (χ1n) is 8.18. The van der Waals surface area contributed by atoms with Gasteiger partial charge in [-0.25, -0.2) is 12.7 Å². The number of ether oxygens (including phenoxy) is 1. The molecule has 0 radical (unpaired) electrons. The van der Waals surface area contributed by atoms with Crippen LogP contribution in [0.2, 0.25) is 0 Å². The summed E-state index contributed by atoms with van der Waals surface area (Å²) in [6.45, 7) is 4.94. The zero-order valence-electron chi connectivity index (χ0n) is 14.5. The molecule has 1 saturated heterocycles. The van der Waals surface area contributed by atoms with Gasteiger partial charge in [0.1, 0.15) is 0 Å². The number of anilines is 1. The maximum atomic E-state index is 12.4. The van der Waals surface area contributed by atoms with E-state index < -0.39 is 10.0 Å². The number of amides is 1. The van der Waals surface area contributed by atoms with Gasteiger partial charge in [-0.2, -0.15) is 0 Å². The van der Waals surface area contributed by atoms with Crippen LogP contribution in [0.25, 0.3) is 0 Å². The molecular weight excluding hydrogens is 328 g/mol. The van der Waals surface area contributed by atoms with Gasteiger partial charge in [-0.1, -0.05) is 17.7 Å². The van der Waals surface area contributed by atoms with E-state index in [1.807, 2.05) is 32.0 Å². The Kier molecular flexibility index (Phi) is 6.37. The first-order valence-corrected chi connectivity index (χ1v) is 9.79. The second-order valence-electron chi connectivity index (χ2n) is 6.29. The van der Waals surface area contributed by atoms with Gasteiger partial charge < -0.3 is 10.1 Å². The second-order valence-corrected chi connectivity index (χ2v) is 8.38. The normalized spacial score (nSPS) is 17.0. The van der Waals surface area contributed by atoms with E-state index in [9.17, 15) is 13.2 Å². The number of sulfonamides is 1. The van der Waals surface area contributed by atoms with Crippen LogP contribution >= 0.6 is 0 Å². The van der Waals surface area contributed by atoms with Crippen LogP contribution in [0.4, 0.5) is 5.69 Å². The fourth-order valence-corrected chi connectivity index (χ4v) is 4.31. The predicted octanol–water partition coefficient (Wildman–Crippen LogP) is 1.93. The number of piperidine rings is 1. The number of rotatable bonds is 6. The van der Waals surface area contributed by atoms with Crippen molar-refractivity contribution in [1.29, 1.82) is 0 Å². The van der Waals surface area contributed by atoms with Crippen molar-refractivity contribution in [1.82, 2.24) is 4.31 Å². The van der Waals surface area contributed by atoms with Crippen LogP contribution < -0.4 is 5.32 Å². The summed E-state index contributed by atoms with van der Waals surface area (Å²) in [6.07, 6.45) is 1.09. The average Bonchev–Trinajstić information content (AvgIpc) is 2.55. The van der Waals surface area contributed by atoms with Gasteiger partial charge in [0.2, 0.25) is 15.9 Å². The minimum absolute atomic E-state index is 0.0110. The molecule has 0 spiro atoms. The molecule has 1 fully saturated rings. The smallest absolute Gasteiger partial charge is 0.227 e. The number of carbonyl (C=O) groups excluding carboxylic acids is 1. The van der Waals surface area contributed by atoms with Crippen LogP contribution in [-0.4, -0.2) is 51.2 Å². The molecule has 1 aromatic carbocycles. The van der Waals surface area contributed by atoms with E-state index in [1.54, 1.807) is 0 Å². The van der Waals surface area contributed by atoms with E-state index >= 15 is 0 Å². The molecule has 1 aliphatic heterocycles. The van der Waals surface area contributed by atoms with Crippen molar-refractivity contribution in [2.75, 3.05) is 37.9 Å². The van der Waals surface area contributed by atoms with Crippen molar-refractivity contribution in [3.63, 3.8) is 0 Å². The molecule has 0 aromatic heterocycles. The minimum atomic E-state index is -3.29. The quantitative estimate of drug-likeness (QED) is 0.847. The Bertz CT molecular complexity index is 680. The second kappa shape index (κ2) is 8.09. The molecule has 0 unspecified atom stereocenters. The molecule has 0 bridgehead atoms. The zero-order chi connectivity index (χ0) is 17.7. The first-order chi connectivity index (χ1) is 11.3. The molecule has 6 nitrogen and oxygen atoms in total. The molecular formula is C17H26N2O4S. The number of hydrogen-bond acceptors (Lipinski definition) is 4. The fourth-order valence-electron chi connectivity index (χ4n) is 2.90. The Morgan fingerprint density at radius 2 is 1.96 bits per heavy atom. The van der Waals surface area contributed by atoms with Gasteiger partial charge in [-0.05, 0) is 38.3 Å². The van der Waals surface area contributed by atoms with Crippen LogP contribution in [0, 0.1) is 19.8 Å². The summed E-state index contributed by atoms with van der Waals surface area (Å²) in [4.78, 5) is 12.4. The molecule has 24 heavy (non-hydrogen) atoms. The highest BCUT2D eigenvalue weighted by Crippen LogP contribution is 2.23. The summed E-state index contributed by atoms with van der Waals surface area (Å²) in [5.41, 5.74) is 3.00. The summed E-state index contributed by atoms with van der Waals surface area (Å²) in [5.74, 6) is -0.196. The van der Waals surface area contributed by atoms with Crippen LogP contribution in [0.1, 0.15) is 24.0 Å². The van der Waals surface area contributed by atoms with Crippen molar-refractivity contribution in [2.24, 2.45) is 5.92 Å². The Hall–Kier alpha value is -1.44. The summed E-state index contributed by atoms with van der Waals surface area (Å²) in [5, 5.41) is 2.97. The van der Waals surface area contributed by atoms with Gasteiger partial charge in [0, 0.05) is 31.8 Å². The van der Waals surface area contributed by atoms with E-state index in [0.717, 1.165) is 16.8 Å². The van der Waals surface area contributed by atoms with Crippen LogP contribution in [0.5, 0.6) is 0 Å². The van der Waals surface area contributed by atoms with Gasteiger partial charge >= 0.3 is 0 Å². The molecule has 0 saturated carbocycles. The number of aryl methyl sites for hydroxylation is 2. The van der Waals surface area contributed by atoms with Crippen LogP contribution in [-0.2, 0) is 19.6 Å². The number of carbonyl (C=O) groups is 1. The number of methoxy groups -OCH3 is 1. The molecule has 134 valence electrons. The van der Waals surface area contributed by atoms with Gasteiger partial charge in [-0.15, -0.1) is 0 Å². The topological polar surface area (TPSA) is 75.7 Å². The molecule has 2 rings (SSSR count). The van der Waals surface area contributed by atoms with Crippen molar-refractivity contribution in [3.05, 3.63) is 29.3 Å². The zero-order valence-corrected chi connectivity index (χ0v) is 15.4. The molecule has 1 N–H and O–H groups in total. The Morgan fingerprint density at radius 3 is 2.54 bits per heavy atom. The summed E-state index contributed by atoms with van der Waals surface area (Å²) in [6, 6.07) is 5.90. The Labute approximate surface area is 144 Å². The maximum Gasteiger partial charge on any atom is 0.227 e. The average molecular weight is 354 g/mol. The highest BCUT2D eigenvalue weighted by molar-refractivity contribution is 7.89. The fraction of sp³-hybridized carbons (Fsp3) is 0.588. The summed E-state index contributed by atoms with van der Waals surface area (Å²) >= 11 is 0. The number of nitrogens with one attached hydrogen (secondary N) is 1. The third-order valence-corrected chi connectivity index (χ3v) is 6.24. The lowest BCUT2D eigenvalue weighted by Gasteiger charge is -2.30. The van der Waals surface area contributed by atoms with E-state index in [1.165, 1.54) is 11.4 Å². The van der Waals surface area contributed by atoms with E-state index in [4.69, 9.17) is 4.74 Å². The molecule has 1 aromatic rings. The highest BCUT2D eigenvalue weighted by Gasteiger charge is 2.30. The monoisotopic (exact) mass is 354 g/mol. The van der Waals surface area contributed by atoms with Crippen LogP contribution in [0.15, 0.2) is 18.2 Å². The maximum absolute atomic E-state index is 12.4. The van der Waals surface area contributed by atoms with Crippen molar-refractivity contribution < 1.29 is 17.9 Å². The predicted molar refractivity (Wildman–Crippen MR) is 94.5 cm³/mol. The highest BCUT2D eigenvalue weighted by atomic mass is 32.2. The van der Waals surface area contributed by atoms with E-state index in [-0.39, 0.29) is 24.2 Å². The lowest BCUT2D eigenvalue weighted by Crippen LogP contribution is -2.42. The standard InChI is InChI=1S/C17H26N2O4S/c1-13-4-5-16(14(2)12-13)18-17(20)15-6-8-19(9-7-15)24(21,22)11-10-23-3/h4-5,12,15H,6-11H2,1-3H3,(H,18,20). The molecule has 1 amide bonds. The van der Waals surface area contributed by atoms with E-state index in [0.29, 0.717) is 25.9 Å². The molecule has 1 aliphatic rings. The SMILES string of the molecule is COCCS(=O)(=O)N1CCC(C(=O)Nc2ccc(C)cc2C)CC1. The van der Waals surface area contributed by atoms with Crippen molar-refractivity contribution in [2.45, 2.75) is 26.7 Å². The van der Waals surface area contributed by atoms with Gasteiger partial charge in [0.25, 0.3) is 0 Å². The van der Waals surface area contributed by atoms with Gasteiger partial charge in [0.15, 0.2) is 0 Å².